The van der Waals surface area contributed by atoms with Crippen molar-refractivity contribution in [1.82, 2.24) is 16.0 Å². The van der Waals surface area contributed by atoms with Crippen LogP contribution in [-0.4, -0.2) is 48.6 Å². The summed E-state index contributed by atoms with van der Waals surface area (Å²) in [4.78, 5) is 47.3. The Morgan fingerprint density at radius 2 is 1.51 bits per heavy atom. The number of hydrogen-bond donors (Lipinski definition) is 3. The maximum Gasteiger partial charge on any atom is 0.408 e. The molecular weight excluding hydrogens is 450 g/mol. The second-order valence-electron chi connectivity index (χ2n) is 9.45. The van der Waals surface area contributed by atoms with Gasteiger partial charge in [-0.15, -0.1) is 0 Å². The predicted molar refractivity (Wildman–Crippen MR) is 134 cm³/mol. The second kappa shape index (κ2) is 16.5. The Balaban J connectivity index is 2.08. The number of amides is 3. The van der Waals surface area contributed by atoms with E-state index in [1.54, 1.807) is 0 Å². The molecule has 0 heterocycles. The van der Waals surface area contributed by atoms with Crippen LogP contribution in [-0.2, 0) is 25.7 Å². The van der Waals surface area contributed by atoms with Gasteiger partial charge in [0.15, 0.2) is 5.78 Å². The molecule has 0 bridgehead atoms. The molecule has 9 nitrogen and oxygen atoms in total. The van der Waals surface area contributed by atoms with E-state index in [9.17, 15) is 19.2 Å². The third-order valence-corrected chi connectivity index (χ3v) is 4.99. The van der Waals surface area contributed by atoms with E-state index >= 15 is 0 Å². The third kappa shape index (κ3) is 16.2. The van der Waals surface area contributed by atoms with Gasteiger partial charge in [0.05, 0.1) is 6.04 Å². The first kappa shape index (κ1) is 29.9. The monoisotopic (exact) mass is 491 g/mol. The Bertz CT molecular complexity index is 792. The highest BCUT2D eigenvalue weighted by Crippen LogP contribution is 2.07. The van der Waals surface area contributed by atoms with E-state index in [0.717, 1.165) is 24.8 Å². The summed E-state index contributed by atoms with van der Waals surface area (Å²) in [5, 5.41) is 8.19. The first-order valence-corrected chi connectivity index (χ1v) is 12.3. The lowest BCUT2D eigenvalue weighted by Gasteiger charge is -2.19. The van der Waals surface area contributed by atoms with Gasteiger partial charge in [-0.1, -0.05) is 36.8 Å². The predicted octanol–water partition coefficient (Wildman–Crippen LogP) is 4.24. The molecule has 0 aliphatic rings. The minimum absolute atomic E-state index is 0.0177. The number of alkyl carbamates (subject to hydrolysis) is 2. The van der Waals surface area contributed by atoms with Gasteiger partial charge in [-0.3, -0.25) is 9.59 Å². The largest absolute Gasteiger partial charge is 0.445 e. The van der Waals surface area contributed by atoms with Crippen molar-refractivity contribution in [3.63, 3.8) is 0 Å². The van der Waals surface area contributed by atoms with Crippen LogP contribution in [0.1, 0.15) is 78.2 Å². The number of ether oxygens (including phenoxy) is 2. The third-order valence-electron chi connectivity index (χ3n) is 4.99. The molecule has 0 saturated carbocycles. The number of Topliss-reactive ketones (excluding diaryl/α,β-unsaturated/α-hetero) is 1. The zero-order chi connectivity index (χ0) is 26.1. The van der Waals surface area contributed by atoms with Crippen molar-refractivity contribution in [3.05, 3.63) is 35.9 Å². The lowest BCUT2D eigenvalue weighted by Crippen LogP contribution is -2.40. The van der Waals surface area contributed by atoms with Crippen molar-refractivity contribution in [2.45, 2.75) is 90.9 Å². The molecule has 0 aliphatic heterocycles. The van der Waals surface area contributed by atoms with Gasteiger partial charge in [-0.2, -0.15) is 0 Å². The van der Waals surface area contributed by atoms with E-state index in [4.69, 9.17) is 9.47 Å². The molecule has 1 rings (SSSR count). The normalized spacial score (nSPS) is 11.8. The number of rotatable bonds is 15. The molecule has 0 saturated heterocycles. The summed E-state index contributed by atoms with van der Waals surface area (Å²) < 4.78 is 10.3. The van der Waals surface area contributed by atoms with Crippen LogP contribution in [0.4, 0.5) is 9.59 Å². The highest BCUT2D eigenvalue weighted by molar-refractivity contribution is 5.85. The molecule has 35 heavy (non-hydrogen) atoms. The van der Waals surface area contributed by atoms with Crippen molar-refractivity contribution in [2.24, 2.45) is 0 Å². The average molecular weight is 492 g/mol. The first-order valence-electron chi connectivity index (χ1n) is 12.3. The molecule has 1 aromatic rings. The standard InChI is InChI=1S/C26H41N3O6/c1-20(30)22(29-25(33)34-19-21-13-7-5-8-14-21)15-10-12-17-27-23(31)16-9-6-11-18-28-24(32)35-26(2,3)4/h5,7-8,13-14,22H,6,9-12,15-19H2,1-4H3,(H,27,31)(H,28,32)(H,29,33)/t22-/m0/s1. The van der Waals surface area contributed by atoms with E-state index in [0.29, 0.717) is 38.8 Å². The van der Waals surface area contributed by atoms with Crippen LogP contribution in [0, 0.1) is 0 Å². The Morgan fingerprint density at radius 3 is 2.17 bits per heavy atom. The zero-order valence-electron chi connectivity index (χ0n) is 21.5. The minimum Gasteiger partial charge on any atom is -0.445 e. The van der Waals surface area contributed by atoms with Crippen molar-refractivity contribution >= 4 is 23.9 Å². The molecule has 0 spiro atoms. The number of nitrogens with one attached hydrogen (secondary N) is 3. The molecule has 3 amide bonds. The maximum atomic E-state index is 12.0. The van der Waals surface area contributed by atoms with Crippen molar-refractivity contribution in [2.75, 3.05) is 13.1 Å². The lowest BCUT2D eigenvalue weighted by molar-refractivity contribution is -0.121. The van der Waals surface area contributed by atoms with Crippen LogP contribution < -0.4 is 16.0 Å². The Kier molecular flexibility index (Phi) is 14.1. The molecule has 1 aromatic carbocycles. The lowest BCUT2D eigenvalue weighted by atomic mass is 10.1. The molecule has 0 fully saturated rings. The van der Waals surface area contributed by atoms with Gasteiger partial charge in [-0.05, 0) is 65.4 Å². The summed E-state index contributed by atoms with van der Waals surface area (Å²) in [7, 11) is 0. The van der Waals surface area contributed by atoms with Crippen molar-refractivity contribution in [1.29, 1.82) is 0 Å². The quantitative estimate of drug-likeness (QED) is 0.315. The van der Waals surface area contributed by atoms with E-state index in [1.165, 1.54) is 6.92 Å². The van der Waals surface area contributed by atoms with Gasteiger partial charge in [0.25, 0.3) is 0 Å². The minimum atomic E-state index is -0.622. The fourth-order valence-electron chi connectivity index (χ4n) is 3.17. The Morgan fingerprint density at radius 1 is 0.857 bits per heavy atom. The Labute approximate surface area is 208 Å². The molecule has 0 aromatic heterocycles. The summed E-state index contributed by atoms with van der Waals surface area (Å²) in [6.45, 7) is 8.05. The molecule has 1 atom stereocenters. The van der Waals surface area contributed by atoms with Gasteiger partial charge >= 0.3 is 12.2 Å². The summed E-state index contributed by atoms with van der Waals surface area (Å²) in [5.74, 6) is -0.150. The fourth-order valence-corrected chi connectivity index (χ4v) is 3.17. The number of benzene rings is 1. The average Bonchev–Trinajstić information content (AvgIpc) is 2.78. The van der Waals surface area contributed by atoms with E-state index in [2.05, 4.69) is 16.0 Å². The van der Waals surface area contributed by atoms with Crippen molar-refractivity contribution in [3.8, 4) is 0 Å². The van der Waals surface area contributed by atoms with Gasteiger partial charge in [-0.25, -0.2) is 9.59 Å². The molecule has 9 heteroatoms. The van der Waals surface area contributed by atoms with Crippen LogP contribution in [0.25, 0.3) is 0 Å². The SMILES string of the molecule is CC(=O)[C@H](CCCCNC(=O)CCCCCNC(=O)OC(C)(C)C)NC(=O)OCc1ccccc1. The van der Waals surface area contributed by atoms with E-state index in [1.807, 2.05) is 51.1 Å². The maximum absolute atomic E-state index is 12.0. The highest BCUT2D eigenvalue weighted by Gasteiger charge is 2.18. The molecular formula is C26H41N3O6. The summed E-state index contributed by atoms with van der Waals surface area (Å²) >= 11 is 0. The smallest absolute Gasteiger partial charge is 0.408 e. The van der Waals surface area contributed by atoms with Crippen LogP contribution in [0.2, 0.25) is 0 Å². The van der Waals surface area contributed by atoms with Gasteiger partial charge in [0.1, 0.15) is 12.2 Å². The van der Waals surface area contributed by atoms with Gasteiger partial charge in [0, 0.05) is 19.5 Å². The fraction of sp³-hybridized carbons (Fsp3) is 0.615. The number of carbonyl (C=O) groups excluding carboxylic acids is 4. The van der Waals surface area contributed by atoms with Crippen LogP contribution >= 0.6 is 0 Å². The molecule has 0 radical (unpaired) electrons. The number of ketones is 1. The molecule has 196 valence electrons. The number of unbranched alkanes of at least 4 members (excludes halogenated alkanes) is 3. The van der Waals surface area contributed by atoms with Gasteiger partial charge < -0.3 is 25.4 Å². The number of hydrogen-bond acceptors (Lipinski definition) is 6. The first-order chi connectivity index (χ1) is 16.6. The van der Waals surface area contributed by atoms with E-state index in [-0.39, 0.29) is 18.3 Å². The highest BCUT2D eigenvalue weighted by atomic mass is 16.6. The topological polar surface area (TPSA) is 123 Å². The van der Waals surface area contributed by atoms with Gasteiger partial charge in [0.2, 0.25) is 5.91 Å². The molecule has 3 N–H and O–H groups in total. The zero-order valence-corrected chi connectivity index (χ0v) is 21.5. The summed E-state index contributed by atoms with van der Waals surface area (Å²) in [5.41, 5.74) is 0.357. The molecule has 0 unspecified atom stereocenters. The second-order valence-corrected chi connectivity index (χ2v) is 9.45. The van der Waals surface area contributed by atoms with Crippen LogP contribution in [0.3, 0.4) is 0 Å². The van der Waals surface area contributed by atoms with Crippen LogP contribution in [0.15, 0.2) is 30.3 Å². The summed E-state index contributed by atoms with van der Waals surface area (Å²) in [6, 6.07) is 8.71. The Hall–Kier alpha value is -3.10. The van der Waals surface area contributed by atoms with E-state index < -0.39 is 23.8 Å². The number of carbonyl (C=O) groups is 4. The summed E-state index contributed by atoms with van der Waals surface area (Å²) in [6.07, 6.45) is 3.59. The molecule has 0 aliphatic carbocycles. The van der Waals surface area contributed by atoms with Crippen LogP contribution in [0.5, 0.6) is 0 Å². The van der Waals surface area contributed by atoms with Crippen molar-refractivity contribution < 1.29 is 28.7 Å².